The van der Waals surface area contributed by atoms with Gasteiger partial charge in [0.1, 0.15) is 0 Å². The second kappa shape index (κ2) is 4.66. The molecule has 0 aromatic rings. The summed E-state index contributed by atoms with van der Waals surface area (Å²) in [6, 6.07) is 0.396. The number of aliphatic hydroxyl groups excluding tert-OH is 1. The summed E-state index contributed by atoms with van der Waals surface area (Å²) >= 11 is 0. The smallest absolute Gasteiger partial charge is 0.0693 e. The van der Waals surface area contributed by atoms with Gasteiger partial charge >= 0.3 is 0 Å². The molecule has 3 unspecified atom stereocenters. The fourth-order valence-electron chi connectivity index (χ4n) is 4.28. The van der Waals surface area contributed by atoms with Gasteiger partial charge in [-0.2, -0.15) is 0 Å². The van der Waals surface area contributed by atoms with Crippen LogP contribution >= 0.6 is 0 Å². The van der Waals surface area contributed by atoms with Crippen LogP contribution in [-0.4, -0.2) is 23.8 Å². The molecule has 2 heteroatoms. The van der Waals surface area contributed by atoms with E-state index < -0.39 is 0 Å². The first kappa shape index (κ1) is 11.0. The van der Waals surface area contributed by atoms with Crippen LogP contribution < -0.4 is 5.32 Å². The largest absolute Gasteiger partial charge is 0.392 e. The molecule has 3 saturated carbocycles. The molecule has 3 aliphatic carbocycles. The van der Waals surface area contributed by atoms with Gasteiger partial charge in [-0.25, -0.2) is 0 Å². The Morgan fingerprint density at radius 2 is 1.88 bits per heavy atom. The van der Waals surface area contributed by atoms with Gasteiger partial charge in [-0.15, -0.1) is 0 Å². The van der Waals surface area contributed by atoms with Crippen LogP contribution in [0.5, 0.6) is 0 Å². The molecule has 0 amide bonds. The molecule has 0 spiro atoms. The molecule has 0 heterocycles. The Balaban J connectivity index is 1.45. The minimum Gasteiger partial charge on any atom is -0.392 e. The van der Waals surface area contributed by atoms with Gasteiger partial charge in [0, 0.05) is 6.04 Å². The lowest BCUT2D eigenvalue weighted by atomic mass is 9.87. The van der Waals surface area contributed by atoms with E-state index in [9.17, 15) is 5.11 Å². The highest BCUT2D eigenvalue weighted by Gasteiger charge is 2.39. The fourth-order valence-corrected chi connectivity index (χ4v) is 4.28. The van der Waals surface area contributed by atoms with Crippen molar-refractivity contribution in [3.8, 4) is 0 Å². The fraction of sp³-hybridized carbons (Fsp3) is 1.00. The van der Waals surface area contributed by atoms with Crippen molar-refractivity contribution in [1.82, 2.24) is 5.32 Å². The SMILES string of the molecule is O[C@H]1CCCC[C@@H]1NCC1CC2CCC1C2. The maximum atomic E-state index is 9.91. The lowest BCUT2D eigenvalue weighted by Crippen LogP contribution is -2.44. The van der Waals surface area contributed by atoms with Crippen LogP contribution in [0.25, 0.3) is 0 Å². The molecule has 3 fully saturated rings. The third-order valence-corrected chi connectivity index (χ3v) is 5.26. The predicted molar refractivity (Wildman–Crippen MR) is 65.2 cm³/mol. The molecule has 3 rings (SSSR count). The van der Waals surface area contributed by atoms with Crippen LogP contribution in [0.3, 0.4) is 0 Å². The molecule has 2 bridgehead atoms. The summed E-state index contributed by atoms with van der Waals surface area (Å²) in [6.45, 7) is 1.17. The Bertz CT molecular complexity index is 241. The van der Waals surface area contributed by atoms with E-state index in [1.54, 1.807) is 0 Å². The van der Waals surface area contributed by atoms with Crippen molar-refractivity contribution < 1.29 is 5.11 Å². The monoisotopic (exact) mass is 223 g/mol. The minimum absolute atomic E-state index is 0.0765. The summed E-state index contributed by atoms with van der Waals surface area (Å²) in [7, 11) is 0. The average Bonchev–Trinajstić information content (AvgIpc) is 2.90. The minimum atomic E-state index is -0.0765. The zero-order valence-corrected chi connectivity index (χ0v) is 10.2. The zero-order valence-electron chi connectivity index (χ0n) is 10.2. The summed E-state index contributed by atoms with van der Waals surface area (Å²) in [4.78, 5) is 0. The van der Waals surface area contributed by atoms with E-state index in [0.717, 1.165) is 24.2 Å². The van der Waals surface area contributed by atoms with Gasteiger partial charge < -0.3 is 10.4 Å². The molecule has 0 aromatic heterocycles. The van der Waals surface area contributed by atoms with E-state index in [1.165, 1.54) is 51.5 Å². The highest BCUT2D eigenvalue weighted by Crippen LogP contribution is 2.48. The summed E-state index contributed by atoms with van der Waals surface area (Å²) in [5, 5.41) is 13.6. The molecule has 5 atom stereocenters. The standard InChI is InChI=1S/C14H25NO/c16-14-4-2-1-3-13(14)15-9-12-8-10-5-6-11(12)7-10/h10-16H,1-9H2/t10?,11?,12?,13-,14-/m0/s1. The molecule has 2 nitrogen and oxygen atoms in total. The van der Waals surface area contributed by atoms with E-state index in [0.29, 0.717) is 6.04 Å². The lowest BCUT2D eigenvalue weighted by Gasteiger charge is -2.31. The van der Waals surface area contributed by atoms with E-state index in [1.807, 2.05) is 0 Å². The Hall–Kier alpha value is -0.0800. The summed E-state index contributed by atoms with van der Waals surface area (Å²) in [6.07, 6.45) is 10.6. The molecule has 0 saturated heterocycles. The van der Waals surface area contributed by atoms with Crippen molar-refractivity contribution in [2.24, 2.45) is 17.8 Å². The van der Waals surface area contributed by atoms with Crippen LogP contribution in [0.2, 0.25) is 0 Å². The van der Waals surface area contributed by atoms with Crippen molar-refractivity contribution in [3.63, 3.8) is 0 Å². The van der Waals surface area contributed by atoms with Gasteiger partial charge in [0.15, 0.2) is 0 Å². The van der Waals surface area contributed by atoms with Gasteiger partial charge in [0.05, 0.1) is 6.10 Å². The summed E-state index contributed by atoms with van der Waals surface area (Å²) < 4.78 is 0. The average molecular weight is 223 g/mol. The molecular weight excluding hydrogens is 198 g/mol. The Morgan fingerprint density at radius 3 is 2.56 bits per heavy atom. The quantitative estimate of drug-likeness (QED) is 0.769. The number of aliphatic hydroxyl groups is 1. The highest BCUT2D eigenvalue weighted by atomic mass is 16.3. The number of hydrogen-bond donors (Lipinski definition) is 2. The summed E-state index contributed by atoms with van der Waals surface area (Å²) in [5.41, 5.74) is 0. The van der Waals surface area contributed by atoms with Crippen LogP contribution in [-0.2, 0) is 0 Å². The molecule has 3 aliphatic rings. The molecular formula is C14H25NO. The molecule has 2 N–H and O–H groups in total. The van der Waals surface area contributed by atoms with Crippen LogP contribution in [0.4, 0.5) is 0 Å². The predicted octanol–water partition coefficient (Wildman–Crippen LogP) is 2.32. The van der Waals surface area contributed by atoms with Gasteiger partial charge in [0.25, 0.3) is 0 Å². The Kier molecular flexibility index (Phi) is 3.21. The number of hydrogen-bond acceptors (Lipinski definition) is 2. The van der Waals surface area contributed by atoms with Crippen LogP contribution in [0, 0.1) is 17.8 Å². The van der Waals surface area contributed by atoms with E-state index in [2.05, 4.69) is 5.32 Å². The summed E-state index contributed by atoms with van der Waals surface area (Å²) in [5.74, 6) is 2.99. The Labute approximate surface area is 98.8 Å². The normalized spacial score (nSPS) is 47.4. The third kappa shape index (κ3) is 2.14. The molecule has 0 aromatic carbocycles. The molecule has 92 valence electrons. The molecule has 16 heavy (non-hydrogen) atoms. The third-order valence-electron chi connectivity index (χ3n) is 5.26. The van der Waals surface area contributed by atoms with Crippen LogP contribution in [0.15, 0.2) is 0 Å². The van der Waals surface area contributed by atoms with Gasteiger partial charge in [-0.3, -0.25) is 0 Å². The Morgan fingerprint density at radius 1 is 1.00 bits per heavy atom. The molecule has 0 radical (unpaired) electrons. The first-order valence-corrected chi connectivity index (χ1v) is 7.24. The number of nitrogens with one attached hydrogen (secondary N) is 1. The maximum absolute atomic E-state index is 9.91. The van der Waals surface area contributed by atoms with E-state index in [4.69, 9.17) is 0 Å². The second-order valence-electron chi connectivity index (χ2n) is 6.30. The van der Waals surface area contributed by atoms with Crippen molar-refractivity contribution in [2.45, 2.75) is 63.5 Å². The zero-order chi connectivity index (χ0) is 11.0. The number of rotatable bonds is 3. The van der Waals surface area contributed by atoms with Crippen LogP contribution in [0.1, 0.15) is 51.4 Å². The first-order chi connectivity index (χ1) is 7.83. The van der Waals surface area contributed by atoms with E-state index in [-0.39, 0.29) is 6.10 Å². The van der Waals surface area contributed by atoms with Crippen molar-refractivity contribution in [3.05, 3.63) is 0 Å². The van der Waals surface area contributed by atoms with Crippen molar-refractivity contribution >= 4 is 0 Å². The van der Waals surface area contributed by atoms with Gasteiger partial charge in [-0.05, 0) is 56.4 Å². The lowest BCUT2D eigenvalue weighted by molar-refractivity contribution is 0.0869. The second-order valence-corrected chi connectivity index (χ2v) is 6.30. The van der Waals surface area contributed by atoms with Crippen molar-refractivity contribution in [2.75, 3.05) is 6.54 Å². The van der Waals surface area contributed by atoms with Gasteiger partial charge in [-0.1, -0.05) is 19.3 Å². The van der Waals surface area contributed by atoms with Gasteiger partial charge in [0.2, 0.25) is 0 Å². The van der Waals surface area contributed by atoms with E-state index >= 15 is 0 Å². The molecule has 0 aliphatic heterocycles. The first-order valence-electron chi connectivity index (χ1n) is 7.24. The maximum Gasteiger partial charge on any atom is 0.0693 e. The van der Waals surface area contributed by atoms with Crippen molar-refractivity contribution in [1.29, 1.82) is 0 Å². The number of fused-ring (bicyclic) bond motifs is 2. The highest BCUT2D eigenvalue weighted by molar-refractivity contribution is 4.92. The topological polar surface area (TPSA) is 32.3 Å².